The van der Waals surface area contributed by atoms with Crippen molar-refractivity contribution in [1.29, 1.82) is 0 Å². The Labute approximate surface area is 176 Å². The highest BCUT2D eigenvalue weighted by Crippen LogP contribution is 2.29. The zero-order chi connectivity index (χ0) is 22.4. The number of hydrogen-bond donors (Lipinski definition) is 2. The number of carboxylic acid groups (broad SMARTS) is 1. The molecule has 164 valence electrons. The number of aliphatic carboxylic acids is 1. The minimum Gasteiger partial charge on any atom is -0.480 e. The highest BCUT2D eigenvalue weighted by Gasteiger charge is 2.28. The van der Waals surface area contributed by atoms with Crippen LogP contribution in [0.3, 0.4) is 0 Å². The Morgan fingerprint density at radius 3 is 2.53 bits per heavy atom. The van der Waals surface area contributed by atoms with Crippen molar-refractivity contribution in [2.75, 3.05) is 0 Å². The van der Waals surface area contributed by atoms with E-state index in [4.69, 9.17) is 9.15 Å². The van der Waals surface area contributed by atoms with Gasteiger partial charge < -0.3 is 19.6 Å². The third-order valence-electron chi connectivity index (χ3n) is 5.45. The van der Waals surface area contributed by atoms with Crippen LogP contribution in [0.5, 0.6) is 5.75 Å². The van der Waals surface area contributed by atoms with E-state index >= 15 is 0 Å². The van der Waals surface area contributed by atoms with Crippen LogP contribution in [0.25, 0.3) is 11.0 Å². The molecule has 0 aliphatic heterocycles. The lowest BCUT2D eigenvalue weighted by Gasteiger charge is -2.23. The number of carbonyl (C=O) groups is 2. The summed E-state index contributed by atoms with van der Waals surface area (Å²) < 4.78 is 11.2. The van der Waals surface area contributed by atoms with Gasteiger partial charge in [0, 0.05) is 17.0 Å². The van der Waals surface area contributed by atoms with E-state index in [1.807, 2.05) is 13.0 Å². The highest BCUT2D eigenvalue weighted by atomic mass is 16.5. The van der Waals surface area contributed by atoms with Gasteiger partial charge in [-0.1, -0.05) is 33.6 Å². The first kappa shape index (κ1) is 23.4. The summed E-state index contributed by atoms with van der Waals surface area (Å²) in [6.45, 7) is 9.06. The molecular weight excluding hydrogens is 386 g/mol. The van der Waals surface area contributed by atoms with Crippen molar-refractivity contribution >= 4 is 22.8 Å². The van der Waals surface area contributed by atoms with Crippen LogP contribution in [0, 0.1) is 12.8 Å². The van der Waals surface area contributed by atoms with E-state index in [0.717, 1.165) is 30.2 Å². The Kier molecular flexibility index (Phi) is 8.03. The molecule has 0 aliphatic carbocycles. The van der Waals surface area contributed by atoms with Crippen molar-refractivity contribution in [2.24, 2.45) is 5.92 Å². The maximum absolute atomic E-state index is 12.5. The summed E-state index contributed by atoms with van der Waals surface area (Å²) in [7, 11) is 0. The van der Waals surface area contributed by atoms with E-state index < -0.39 is 29.6 Å². The Morgan fingerprint density at radius 1 is 1.23 bits per heavy atom. The predicted octanol–water partition coefficient (Wildman–Crippen LogP) is 3.83. The topological polar surface area (TPSA) is 106 Å². The summed E-state index contributed by atoms with van der Waals surface area (Å²) in [5.74, 6) is -1.39. The fraction of sp³-hybridized carbons (Fsp3) is 0.522. The molecular formula is C23H31NO6. The van der Waals surface area contributed by atoms with Crippen molar-refractivity contribution in [3.05, 3.63) is 39.7 Å². The van der Waals surface area contributed by atoms with Crippen molar-refractivity contribution in [3.8, 4) is 5.75 Å². The van der Waals surface area contributed by atoms with E-state index in [2.05, 4.69) is 12.2 Å². The molecule has 2 N–H and O–H groups in total. The van der Waals surface area contributed by atoms with Crippen LogP contribution in [0.15, 0.2) is 27.4 Å². The maximum atomic E-state index is 12.5. The smallest absolute Gasteiger partial charge is 0.336 e. The van der Waals surface area contributed by atoms with Crippen LogP contribution in [0.4, 0.5) is 0 Å². The molecule has 0 saturated heterocycles. The van der Waals surface area contributed by atoms with Gasteiger partial charge in [-0.2, -0.15) is 0 Å². The number of hydrogen-bond acceptors (Lipinski definition) is 5. The van der Waals surface area contributed by atoms with Crippen molar-refractivity contribution in [1.82, 2.24) is 5.32 Å². The summed E-state index contributed by atoms with van der Waals surface area (Å²) in [4.78, 5) is 36.0. The molecule has 0 aliphatic rings. The lowest BCUT2D eigenvalue weighted by Crippen LogP contribution is -2.49. The Hall–Kier alpha value is -2.83. The number of unbranched alkanes of at least 4 members (excludes halogenated alkanes) is 1. The standard InChI is InChI=1S/C23H31NO6/c1-6-8-9-16-12-19(25)30-21-14(4)18(11-10-17(16)21)29-15(5)22(26)24-20(23(27)28)13(3)7-2/h10-13,15,20H,6-9H2,1-5H3,(H,24,26)(H,27,28). The van der Waals surface area contributed by atoms with Gasteiger partial charge in [0.15, 0.2) is 6.10 Å². The van der Waals surface area contributed by atoms with E-state index in [1.165, 1.54) is 6.07 Å². The van der Waals surface area contributed by atoms with Gasteiger partial charge in [-0.25, -0.2) is 9.59 Å². The van der Waals surface area contributed by atoms with Gasteiger partial charge in [0.1, 0.15) is 17.4 Å². The van der Waals surface area contributed by atoms with Gasteiger partial charge in [-0.15, -0.1) is 0 Å². The normalized spacial score (nSPS) is 14.2. The Balaban J connectivity index is 2.26. The molecule has 1 amide bonds. The quantitative estimate of drug-likeness (QED) is 0.569. The van der Waals surface area contributed by atoms with Gasteiger partial charge in [0.2, 0.25) is 0 Å². The molecule has 0 saturated carbocycles. The number of aryl methyl sites for hydroxylation is 2. The van der Waals surface area contributed by atoms with Gasteiger partial charge in [-0.05, 0) is 50.3 Å². The molecule has 7 nitrogen and oxygen atoms in total. The number of fused-ring (bicyclic) bond motifs is 1. The first-order chi connectivity index (χ1) is 14.2. The van der Waals surface area contributed by atoms with Crippen LogP contribution in [-0.2, 0) is 16.0 Å². The molecule has 1 aromatic carbocycles. The van der Waals surface area contributed by atoms with E-state index in [1.54, 1.807) is 26.8 Å². The summed E-state index contributed by atoms with van der Waals surface area (Å²) in [5, 5.41) is 12.8. The van der Waals surface area contributed by atoms with Crippen LogP contribution >= 0.6 is 0 Å². The van der Waals surface area contributed by atoms with Crippen LogP contribution in [0.2, 0.25) is 0 Å². The second-order valence-corrected chi connectivity index (χ2v) is 7.73. The number of rotatable bonds is 10. The molecule has 3 atom stereocenters. The minimum atomic E-state index is -1.08. The second-order valence-electron chi connectivity index (χ2n) is 7.73. The summed E-state index contributed by atoms with van der Waals surface area (Å²) in [5.41, 5.74) is 1.58. The molecule has 30 heavy (non-hydrogen) atoms. The predicted molar refractivity (Wildman–Crippen MR) is 115 cm³/mol. The molecule has 2 aromatic rings. The molecule has 0 radical (unpaired) electrons. The molecule has 7 heteroatoms. The number of ether oxygens (including phenoxy) is 1. The average Bonchev–Trinajstić information content (AvgIpc) is 2.71. The molecule has 0 bridgehead atoms. The van der Waals surface area contributed by atoms with Gasteiger partial charge in [0.05, 0.1) is 0 Å². The third-order valence-corrected chi connectivity index (χ3v) is 5.45. The second kappa shape index (κ2) is 10.3. The van der Waals surface area contributed by atoms with E-state index in [0.29, 0.717) is 23.3 Å². The van der Waals surface area contributed by atoms with Crippen LogP contribution < -0.4 is 15.7 Å². The maximum Gasteiger partial charge on any atom is 0.336 e. The van der Waals surface area contributed by atoms with Gasteiger partial charge in [-0.3, -0.25) is 4.79 Å². The minimum absolute atomic E-state index is 0.211. The van der Waals surface area contributed by atoms with Gasteiger partial charge in [0.25, 0.3) is 5.91 Å². The largest absolute Gasteiger partial charge is 0.480 e. The number of amides is 1. The molecule has 1 aromatic heterocycles. The molecule has 0 spiro atoms. The van der Waals surface area contributed by atoms with Crippen molar-refractivity contribution in [2.45, 2.75) is 72.4 Å². The fourth-order valence-corrected chi connectivity index (χ4v) is 3.31. The zero-order valence-electron chi connectivity index (χ0n) is 18.3. The van der Waals surface area contributed by atoms with E-state index in [9.17, 15) is 19.5 Å². The summed E-state index contributed by atoms with van der Waals surface area (Å²) in [6, 6.07) is 4.12. The monoisotopic (exact) mass is 417 g/mol. The van der Waals surface area contributed by atoms with Crippen molar-refractivity contribution in [3.63, 3.8) is 0 Å². The Morgan fingerprint density at radius 2 is 1.93 bits per heavy atom. The van der Waals surface area contributed by atoms with Crippen LogP contribution in [0.1, 0.15) is 58.1 Å². The SMILES string of the molecule is CCCCc1cc(=O)oc2c(C)c(OC(C)C(=O)NC(C(=O)O)C(C)CC)ccc12. The fourth-order valence-electron chi connectivity index (χ4n) is 3.31. The lowest BCUT2D eigenvalue weighted by atomic mass is 9.99. The van der Waals surface area contributed by atoms with Gasteiger partial charge >= 0.3 is 11.6 Å². The third kappa shape index (κ3) is 5.40. The number of carboxylic acids is 1. The van der Waals surface area contributed by atoms with Crippen molar-refractivity contribution < 1.29 is 23.8 Å². The summed E-state index contributed by atoms with van der Waals surface area (Å²) in [6.07, 6.45) is 2.47. The molecule has 2 rings (SSSR count). The van der Waals surface area contributed by atoms with E-state index in [-0.39, 0.29) is 5.92 Å². The average molecular weight is 418 g/mol. The number of nitrogens with one attached hydrogen (secondary N) is 1. The molecule has 3 unspecified atom stereocenters. The number of carbonyl (C=O) groups excluding carboxylic acids is 1. The highest BCUT2D eigenvalue weighted by molar-refractivity contribution is 5.87. The zero-order valence-corrected chi connectivity index (χ0v) is 18.3. The first-order valence-electron chi connectivity index (χ1n) is 10.5. The van der Waals surface area contributed by atoms with Crippen LogP contribution in [-0.4, -0.2) is 29.1 Å². The first-order valence-corrected chi connectivity index (χ1v) is 10.5. The molecule has 1 heterocycles. The molecule has 0 fully saturated rings. The number of benzene rings is 1. The Bertz CT molecular complexity index is 964. The summed E-state index contributed by atoms with van der Waals surface area (Å²) >= 11 is 0. The lowest BCUT2D eigenvalue weighted by molar-refractivity contribution is -0.144.